The number of nitrogens with one attached hydrogen (secondary N) is 2. The van der Waals surface area contributed by atoms with Crippen molar-refractivity contribution in [3.63, 3.8) is 0 Å². The van der Waals surface area contributed by atoms with Gasteiger partial charge in [0.1, 0.15) is 10.3 Å². The first-order valence-electron chi connectivity index (χ1n) is 7.13. The van der Waals surface area contributed by atoms with Gasteiger partial charge < -0.3 is 5.32 Å². The van der Waals surface area contributed by atoms with Gasteiger partial charge in [0.25, 0.3) is 5.65 Å². The molecule has 0 aromatic carbocycles. The molecule has 0 aliphatic carbocycles. The predicted molar refractivity (Wildman–Crippen MR) is 89.5 cm³/mol. The fourth-order valence-electron chi connectivity index (χ4n) is 2.11. The molecular formula is C15H16BrN6O+. The molecule has 118 valence electrons. The molecule has 0 spiro atoms. The van der Waals surface area contributed by atoms with Crippen molar-refractivity contribution in [2.75, 3.05) is 5.32 Å². The van der Waals surface area contributed by atoms with Gasteiger partial charge in [-0.3, -0.25) is 5.32 Å². The fourth-order valence-corrected chi connectivity index (χ4v) is 2.46. The molecule has 3 aromatic rings. The Labute approximate surface area is 141 Å². The number of halogens is 1. The van der Waals surface area contributed by atoms with E-state index < -0.39 is 0 Å². The summed E-state index contributed by atoms with van der Waals surface area (Å²) in [4.78, 5) is 16.6. The summed E-state index contributed by atoms with van der Waals surface area (Å²) in [7, 11) is 0. The minimum atomic E-state index is -0.289. The first kappa shape index (κ1) is 15.4. The molecule has 3 heterocycles. The van der Waals surface area contributed by atoms with Crippen molar-refractivity contribution in [2.45, 2.75) is 19.9 Å². The molecule has 0 bridgehead atoms. The Balaban J connectivity index is 2.07. The van der Waals surface area contributed by atoms with E-state index in [0.717, 1.165) is 4.47 Å². The van der Waals surface area contributed by atoms with Gasteiger partial charge in [-0.1, -0.05) is 6.07 Å². The van der Waals surface area contributed by atoms with E-state index in [0.29, 0.717) is 17.3 Å². The van der Waals surface area contributed by atoms with Crippen LogP contribution in [0.1, 0.15) is 13.8 Å². The van der Waals surface area contributed by atoms with Gasteiger partial charge in [0.15, 0.2) is 0 Å². The van der Waals surface area contributed by atoms with Crippen LogP contribution >= 0.6 is 15.9 Å². The van der Waals surface area contributed by atoms with Crippen LogP contribution in [-0.4, -0.2) is 26.7 Å². The van der Waals surface area contributed by atoms with E-state index >= 15 is 0 Å². The first-order chi connectivity index (χ1) is 11.0. The molecule has 8 heteroatoms. The van der Waals surface area contributed by atoms with Crippen molar-refractivity contribution in [3.05, 3.63) is 47.3 Å². The highest BCUT2D eigenvalue weighted by molar-refractivity contribution is 9.10. The third-order valence-electron chi connectivity index (χ3n) is 3.06. The standard InChI is InChI=1S/C15H15BrN6O/c1-10(2)18-15(23)20-13-8-12(21-6-4-3-5-7-21)19-14-11(16)9-17-22(13)14/h3-10H,1-2H3,(H-,17,18,19,20,23)/p+1. The van der Waals surface area contributed by atoms with Gasteiger partial charge in [0, 0.05) is 6.04 Å². The molecule has 3 rings (SSSR count). The second-order valence-electron chi connectivity index (χ2n) is 5.26. The Hall–Kier alpha value is -2.48. The molecule has 0 radical (unpaired) electrons. The number of carbonyl (C=O) groups excluding carboxylic acids is 1. The SMILES string of the molecule is CC(C)NC(=O)Nc1cc(-[n+]2ccccc2)nc2c(Br)cnn12. The number of fused-ring (bicyclic) bond motifs is 1. The maximum Gasteiger partial charge on any atom is 0.334 e. The Morgan fingerprint density at radius 1 is 1.30 bits per heavy atom. The average Bonchev–Trinajstić information content (AvgIpc) is 2.89. The Morgan fingerprint density at radius 2 is 2.04 bits per heavy atom. The zero-order chi connectivity index (χ0) is 16.4. The lowest BCUT2D eigenvalue weighted by atomic mass is 10.4. The van der Waals surface area contributed by atoms with Crippen LogP contribution in [0.4, 0.5) is 10.6 Å². The van der Waals surface area contributed by atoms with Gasteiger partial charge in [-0.2, -0.15) is 9.61 Å². The van der Waals surface area contributed by atoms with E-state index in [1.54, 1.807) is 16.8 Å². The van der Waals surface area contributed by atoms with E-state index in [2.05, 4.69) is 36.6 Å². The van der Waals surface area contributed by atoms with Crippen LogP contribution < -0.4 is 15.2 Å². The van der Waals surface area contributed by atoms with Gasteiger partial charge in [-0.05, 0) is 46.9 Å². The van der Waals surface area contributed by atoms with E-state index in [9.17, 15) is 4.79 Å². The van der Waals surface area contributed by atoms with E-state index in [1.165, 1.54) is 0 Å². The molecule has 23 heavy (non-hydrogen) atoms. The zero-order valence-corrected chi connectivity index (χ0v) is 14.3. The van der Waals surface area contributed by atoms with Crippen LogP contribution in [0, 0.1) is 0 Å². The second kappa shape index (κ2) is 6.33. The third-order valence-corrected chi connectivity index (χ3v) is 3.62. The highest BCUT2D eigenvalue weighted by Gasteiger charge is 2.19. The second-order valence-corrected chi connectivity index (χ2v) is 6.12. The Bertz CT molecular complexity index is 846. The third kappa shape index (κ3) is 3.31. The minimum absolute atomic E-state index is 0.0413. The maximum atomic E-state index is 12.0. The molecule has 0 aliphatic rings. The summed E-state index contributed by atoms with van der Waals surface area (Å²) in [6.45, 7) is 3.80. The van der Waals surface area contributed by atoms with Gasteiger partial charge in [0.05, 0.1) is 24.7 Å². The van der Waals surface area contributed by atoms with Gasteiger partial charge in [-0.25, -0.2) is 9.36 Å². The topological polar surface area (TPSA) is 75.2 Å². The van der Waals surface area contributed by atoms with E-state index in [4.69, 9.17) is 0 Å². The molecule has 7 nitrogen and oxygen atoms in total. The largest absolute Gasteiger partial charge is 0.336 e. The van der Waals surface area contributed by atoms with Crippen molar-refractivity contribution in [3.8, 4) is 5.82 Å². The van der Waals surface area contributed by atoms with Crippen LogP contribution in [0.2, 0.25) is 0 Å². The number of urea groups is 1. The number of carbonyl (C=O) groups is 1. The molecule has 0 fully saturated rings. The van der Waals surface area contributed by atoms with Crippen molar-refractivity contribution in [1.29, 1.82) is 0 Å². The maximum absolute atomic E-state index is 12.0. The molecule has 0 unspecified atom stereocenters. The lowest BCUT2D eigenvalue weighted by molar-refractivity contribution is -0.599. The lowest BCUT2D eigenvalue weighted by Gasteiger charge is -2.10. The predicted octanol–water partition coefficient (Wildman–Crippen LogP) is 2.30. The molecule has 0 aliphatic heterocycles. The summed E-state index contributed by atoms with van der Waals surface area (Å²) in [6, 6.07) is 7.28. The summed E-state index contributed by atoms with van der Waals surface area (Å²) in [6.07, 6.45) is 5.43. The number of rotatable bonds is 3. The van der Waals surface area contributed by atoms with Crippen molar-refractivity contribution in [2.24, 2.45) is 0 Å². The highest BCUT2D eigenvalue weighted by atomic mass is 79.9. The first-order valence-corrected chi connectivity index (χ1v) is 7.92. The summed E-state index contributed by atoms with van der Waals surface area (Å²) < 4.78 is 4.20. The number of nitrogens with zero attached hydrogens (tertiary/aromatic N) is 4. The summed E-state index contributed by atoms with van der Waals surface area (Å²) >= 11 is 3.43. The molecule has 2 N–H and O–H groups in total. The van der Waals surface area contributed by atoms with Gasteiger partial charge in [-0.15, -0.1) is 0 Å². The lowest BCUT2D eigenvalue weighted by Crippen LogP contribution is -2.35. The number of hydrogen-bond donors (Lipinski definition) is 2. The summed E-state index contributed by atoms with van der Waals surface area (Å²) in [5.74, 6) is 1.21. The quantitative estimate of drug-likeness (QED) is 0.689. The zero-order valence-electron chi connectivity index (χ0n) is 12.7. The average molecular weight is 376 g/mol. The number of pyridine rings is 1. The van der Waals surface area contributed by atoms with Crippen LogP contribution in [-0.2, 0) is 0 Å². The van der Waals surface area contributed by atoms with Crippen LogP contribution in [0.15, 0.2) is 47.3 Å². The fraction of sp³-hybridized carbons (Fsp3) is 0.200. The smallest absolute Gasteiger partial charge is 0.334 e. The molecule has 0 saturated carbocycles. The summed E-state index contributed by atoms with van der Waals surface area (Å²) in [5.41, 5.74) is 0.624. The molecule has 3 aromatic heterocycles. The summed E-state index contributed by atoms with van der Waals surface area (Å²) in [5, 5.41) is 9.85. The van der Waals surface area contributed by atoms with Gasteiger partial charge in [0.2, 0.25) is 0 Å². The van der Waals surface area contributed by atoms with Crippen molar-refractivity contribution < 1.29 is 9.36 Å². The minimum Gasteiger partial charge on any atom is -0.336 e. The molecule has 0 saturated heterocycles. The highest BCUT2D eigenvalue weighted by Crippen LogP contribution is 2.20. The Morgan fingerprint density at radius 3 is 2.74 bits per heavy atom. The van der Waals surface area contributed by atoms with Gasteiger partial charge >= 0.3 is 11.8 Å². The van der Waals surface area contributed by atoms with Crippen LogP contribution in [0.3, 0.4) is 0 Å². The normalized spacial score (nSPS) is 11.0. The van der Waals surface area contributed by atoms with Crippen molar-refractivity contribution >= 4 is 33.4 Å². The van der Waals surface area contributed by atoms with E-state index in [1.807, 2.05) is 49.0 Å². The van der Waals surface area contributed by atoms with Crippen LogP contribution in [0.25, 0.3) is 11.5 Å². The molecule has 2 amide bonds. The monoisotopic (exact) mass is 375 g/mol. The molecule has 0 atom stereocenters. The number of amides is 2. The number of anilines is 1. The Kier molecular flexibility index (Phi) is 4.24. The van der Waals surface area contributed by atoms with E-state index in [-0.39, 0.29) is 12.1 Å². The van der Waals surface area contributed by atoms with Crippen molar-refractivity contribution in [1.82, 2.24) is 19.9 Å². The number of hydrogen-bond acceptors (Lipinski definition) is 3. The number of aromatic nitrogens is 4. The van der Waals surface area contributed by atoms with Crippen LogP contribution in [0.5, 0.6) is 0 Å². The molecular weight excluding hydrogens is 360 g/mol.